The quantitative estimate of drug-likeness (QED) is 0.864. The fourth-order valence-electron chi connectivity index (χ4n) is 1.56. The first-order chi connectivity index (χ1) is 9.60. The normalized spacial score (nSPS) is 10.0. The molecule has 102 valence electrons. The fourth-order valence-corrected chi connectivity index (χ4v) is 2.85. The summed E-state index contributed by atoms with van der Waals surface area (Å²) >= 11 is 4.73. The SMILES string of the molecule is N#Cc1ccc(NCCc2nc(C(=O)O)cs2)c(Br)c1. The highest BCUT2D eigenvalue weighted by Crippen LogP contribution is 2.23. The van der Waals surface area contributed by atoms with Crippen LogP contribution in [0.1, 0.15) is 21.1 Å². The van der Waals surface area contributed by atoms with Gasteiger partial charge >= 0.3 is 5.97 Å². The number of nitriles is 1. The molecule has 0 amide bonds. The number of anilines is 1. The molecule has 0 radical (unpaired) electrons. The number of benzene rings is 1. The minimum atomic E-state index is -1.00. The highest BCUT2D eigenvalue weighted by Gasteiger charge is 2.08. The second kappa shape index (κ2) is 6.50. The van der Waals surface area contributed by atoms with Crippen LogP contribution in [0.25, 0.3) is 0 Å². The van der Waals surface area contributed by atoms with Crippen LogP contribution in [0.15, 0.2) is 28.1 Å². The second-order valence-corrected chi connectivity index (χ2v) is 5.71. The third-order valence-electron chi connectivity index (χ3n) is 2.52. The minimum absolute atomic E-state index is 0.0875. The first kappa shape index (κ1) is 14.5. The number of carboxylic acids is 1. The molecule has 0 saturated heterocycles. The predicted octanol–water partition coefficient (Wildman–Crippen LogP) is 3.13. The van der Waals surface area contributed by atoms with E-state index in [1.54, 1.807) is 12.1 Å². The van der Waals surface area contributed by atoms with Crippen LogP contribution in [0.2, 0.25) is 0 Å². The largest absolute Gasteiger partial charge is 0.476 e. The Morgan fingerprint density at radius 1 is 1.55 bits per heavy atom. The van der Waals surface area contributed by atoms with Gasteiger partial charge in [-0.05, 0) is 34.1 Å². The maximum atomic E-state index is 10.7. The maximum Gasteiger partial charge on any atom is 0.355 e. The molecule has 1 heterocycles. The lowest BCUT2D eigenvalue weighted by molar-refractivity contribution is 0.0691. The van der Waals surface area contributed by atoms with Crippen LogP contribution in [-0.4, -0.2) is 22.6 Å². The van der Waals surface area contributed by atoms with Crippen LogP contribution in [0.5, 0.6) is 0 Å². The number of nitrogens with one attached hydrogen (secondary N) is 1. The van der Waals surface area contributed by atoms with Gasteiger partial charge in [0.15, 0.2) is 5.69 Å². The van der Waals surface area contributed by atoms with E-state index in [-0.39, 0.29) is 5.69 Å². The Hall–Kier alpha value is -1.91. The van der Waals surface area contributed by atoms with Crippen molar-refractivity contribution in [2.24, 2.45) is 0 Å². The molecule has 20 heavy (non-hydrogen) atoms. The number of halogens is 1. The molecule has 1 aromatic heterocycles. The van der Waals surface area contributed by atoms with E-state index in [9.17, 15) is 4.79 Å². The third kappa shape index (κ3) is 3.56. The van der Waals surface area contributed by atoms with E-state index in [0.29, 0.717) is 18.5 Å². The number of thiazole rings is 1. The highest BCUT2D eigenvalue weighted by molar-refractivity contribution is 9.10. The Morgan fingerprint density at radius 2 is 2.35 bits per heavy atom. The molecule has 0 atom stereocenters. The van der Waals surface area contributed by atoms with Gasteiger partial charge < -0.3 is 10.4 Å². The smallest absolute Gasteiger partial charge is 0.355 e. The summed E-state index contributed by atoms with van der Waals surface area (Å²) in [6.07, 6.45) is 0.643. The minimum Gasteiger partial charge on any atom is -0.476 e. The van der Waals surface area contributed by atoms with E-state index in [0.717, 1.165) is 15.2 Å². The van der Waals surface area contributed by atoms with Crippen molar-refractivity contribution < 1.29 is 9.90 Å². The molecule has 0 bridgehead atoms. The number of rotatable bonds is 5. The number of hydrogen-bond acceptors (Lipinski definition) is 5. The predicted molar refractivity (Wildman–Crippen MR) is 80.1 cm³/mol. The average molecular weight is 352 g/mol. The molecule has 1 aromatic carbocycles. The molecule has 5 nitrogen and oxygen atoms in total. The molecular weight excluding hydrogens is 342 g/mol. The van der Waals surface area contributed by atoms with E-state index >= 15 is 0 Å². The van der Waals surface area contributed by atoms with Crippen LogP contribution < -0.4 is 5.32 Å². The van der Waals surface area contributed by atoms with Gasteiger partial charge in [0.25, 0.3) is 0 Å². The Morgan fingerprint density at radius 3 is 2.95 bits per heavy atom. The summed E-state index contributed by atoms with van der Waals surface area (Å²) < 4.78 is 0.821. The number of aromatic carboxylic acids is 1. The molecular formula is C13H10BrN3O2S. The van der Waals surface area contributed by atoms with Crippen molar-refractivity contribution in [2.45, 2.75) is 6.42 Å². The first-order valence-corrected chi connectivity index (χ1v) is 7.38. The zero-order valence-corrected chi connectivity index (χ0v) is 12.7. The molecule has 0 spiro atoms. The lowest BCUT2D eigenvalue weighted by Crippen LogP contribution is -2.06. The lowest BCUT2D eigenvalue weighted by atomic mass is 10.2. The van der Waals surface area contributed by atoms with E-state index in [2.05, 4.69) is 32.3 Å². The van der Waals surface area contributed by atoms with Gasteiger partial charge in [-0.15, -0.1) is 11.3 Å². The van der Waals surface area contributed by atoms with Crippen LogP contribution in [-0.2, 0) is 6.42 Å². The molecule has 7 heteroatoms. The number of nitrogens with zero attached hydrogens (tertiary/aromatic N) is 2. The van der Waals surface area contributed by atoms with E-state index in [4.69, 9.17) is 10.4 Å². The summed E-state index contributed by atoms with van der Waals surface area (Å²) in [7, 11) is 0. The zero-order valence-electron chi connectivity index (χ0n) is 10.3. The molecule has 2 rings (SSSR count). The van der Waals surface area contributed by atoms with Gasteiger partial charge in [0.2, 0.25) is 0 Å². The second-order valence-electron chi connectivity index (χ2n) is 3.91. The van der Waals surface area contributed by atoms with E-state index in [1.165, 1.54) is 16.7 Å². The number of hydrogen-bond donors (Lipinski definition) is 2. The van der Waals surface area contributed by atoms with E-state index < -0.39 is 5.97 Å². The number of carboxylic acid groups (broad SMARTS) is 1. The van der Waals surface area contributed by atoms with Crippen molar-refractivity contribution in [3.63, 3.8) is 0 Å². The number of aromatic nitrogens is 1. The van der Waals surface area contributed by atoms with Crippen molar-refractivity contribution in [3.05, 3.63) is 44.3 Å². The summed E-state index contributed by atoms with van der Waals surface area (Å²) in [5.74, 6) is -1.00. The van der Waals surface area contributed by atoms with Gasteiger partial charge in [-0.25, -0.2) is 9.78 Å². The lowest BCUT2D eigenvalue weighted by Gasteiger charge is -2.07. The molecule has 0 aliphatic carbocycles. The van der Waals surface area contributed by atoms with Crippen molar-refractivity contribution in [3.8, 4) is 6.07 Å². The summed E-state index contributed by atoms with van der Waals surface area (Å²) in [5, 5.41) is 23.1. The van der Waals surface area contributed by atoms with Gasteiger partial charge in [0.1, 0.15) is 0 Å². The molecule has 0 unspecified atom stereocenters. The Kier molecular flexibility index (Phi) is 4.71. The third-order valence-corrected chi connectivity index (χ3v) is 4.09. The Bertz CT molecular complexity index is 678. The van der Waals surface area contributed by atoms with Gasteiger partial charge in [-0.3, -0.25) is 0 Å². The van der Waals surface area contributed by atoms with Crippen LogP contribution >= 0.6 is 27.3 Å². The fraction of sp³-hybridized carbons (Fsp3) is 0.154. The number of carbonyl (C=O) groups is 1. The van der Waals surface area contributed by atoms with Crippen molar-refractivity contribution in [1.29, 1.82) is 5.26 Å². The average Bonchev–Trinajstić information content (AvgIpc) is 2.89. The van der Waals surface area contributed by atoms with Crippen LogP contribution in [0.3, 0.4) is 0 Å². The monoisotopic (exact) mass is 351 g/mol. The molecule has 0 fully saturated rings. The molecule has 0 aliphatic rings. The summed E-state index contributed by atoms with van der Waals surface area (Å²) in [6, 6.07) is 7.37. The molecule has 0 aliphatic heterocycles. The van der Waals surface area contributed by atoms with Crippen molar-refractivity contribution >= 4 is 38.9 Å². The zero-order chi connectivity index (χ0) is 14.5. The van der Waals surface area contributed by atoms with Crippen LogP contribution in [0.4, 0.5) is 5.69 Å². The molecule has 2 aromatic rings. The molecule has 0 saturated carbocycles. The first-order valence-electron chi connectivity index (χ1n) is 5.71. The Balaban J connectivity index is 1.92. The molecule has 2 N–H and O–H groups in total. The van der Waals surface area contributed by atoms with Gasteiger partial charge in [-0.1, -0.05) is 0 Å². The standard InChI is InChI=1S/C13H10BrN3O2S/c14-9-5-8(6-15)1-2-10(9)16-4-3-12-17-11(7-20-12)13(18)19/h1-2,5,7,16H,3-4H2,(H,18,19). The Labute approximate surface area is 128 Å². The maximum absolute atomic E-state index is 10.7. The summed E-state index contributed by atoms with van der Waals surface area (Å²) in [6.45, 7) is 0.636. The topological polar surface area (TPSA) is 86.0 Å². The van der Waals surface area contributed by atoms with Gasteiger partial charge in [0.05, 0.1) is 16.6 Å². The van der Waals surface area contributed by atoms with E-state index in [1.807, 2.05) is 6.07 Å². The van der Waals surface area contributed by atoms with Crippen molar-refractivity contribution in [2.75, 3.05) is 11.9 Å². The van der Waals surface area contributed by atoms with Gasteiger partial charge in [-0.2, -0.15) is 5.26 Å². The summed E-state index contributed by atoms with van der Waals surface area (Å²) in [4.78, 5) is 14.7. The highest BCUT2D eigenvalue weighted by atomic mass is 79.9. The van der Waals surface area contributed by atoms with Gasteiger partial charge in [0, 0.05) is 28.5 Å². The van der Waals surface area contributed by atoms with Crippen molar-refractivity contribution in [1.82, 2.24) is 4.98 Å². The van der Waals surface area contributed by atoms with Crippen LogP contribution in [0, 0.1) is 11.3 Å². The summed E-state index contributed by atoms with van der Waals surface area (Å²) in [5.41, 5.74) is 1.57.